The Labute approximate surface area is 95.2 Å². The maximum Gasteiger partial charge on any atom is 0.0774 e. The molecule has 5 heteroatoms. The zero-order valence-electron chi connectivity index (χ0n) is 9.59. The molecule has 2 fully saturated rings. The molecule has 0 aromatic carbocycles. The monoisotopic (exact) mass is 222 g/mol. The highest BCUT2D eigenvalue weighted by Crippen LogP contribution is 2.31. The molecule has 3 rings (SSSR count). The van der Waals surface area contributed by atoms with E-state index in [1.807, 2.05) is 17.8 Å². The maximum absolute atomic E-state index is 5.88. The Bertz CT molecular complexity index is 365. The lowest BCUT2D eigenvalue weighted by molar-refractivity contribution is -0.0189. The lowest BCUT2D eigenvalue weighted by Gasteiger charge is -2.30. The van der Waals surface area contributed by atoms with Crippen LogP contribution in [0.5, 0.6) is 0 Å². The zero-order chi connectivity index (χ0) is 11.0. The number of aryl methyl sites for hydroxylation is 1. The van der Waals surface area contributed by atoms with Crippen LogP contribution in [0.4, 0.5) is 0 Å². The van der Waals surface area contributed by atoms with Gasteiger partial charge in [0.15, 0.2) is 0 Å². The van der Waals surface area contributed by atoms with Gasteiger partial charge in [0.25, 0.3) is 0 Å². The van der Waals surface area contributed by atoms with Gasteiger partial charge in [-0.15, -0.1) is 5.10 Å². The second-order valence-corrected chi connectivity index (χ2v) is 4.79. The molecule has 1 aromatic rings. The highest BCUT2D eigenvalue weighted by atomic mass is 16.5. The molecule has 2 aliphatic rings. The third kappa shape index (κ3) is 1.74. The van der Waals surface area contributed by atoms with E-state index in [1.54, 1.807) is 0 Å². The first kappa shape index (κ1) is 10.2. The van der Waals surface area contributed by atoms with Crippen LogP contribution in [0.1, 0.15) is 18.5 Å². The summed E-state index contributed by atoms with van der Waals surface area (Å²) in [6, 6.07) is 0.558. The third-order valence-electron chi connectivity index (χ3n) is 3.75. The Kier molecular flexibility index (Phi) is 2.65. The SMILES string of the molecule is Cc1cnnn1C[C@@H]1CC[C@H]2NCCO[C@@H]12. The van der Waals surface area contributed by atoms with Crippen LogP contribution in [0.25, 0.3) is 0 Å². The summed E-state index contributed by atoms with van der Waals surface area (Å²) in [6.07, 6.45) is 4.63. The summed E-state index contributed by atoms with van der Waals surface area (Å²) in [6.45, 7) is 4.82. The summed E-state index contributed by atoms with van der Waals surface area (Å²) in [7, 11) is 0. The van der Waals surface area contributed by atoms with Crippen molar-refractivity contribution in [3.8, 4) is 0 Å². The van der Waals surface area contributed by atoms with Gasteiger partial charge in [-0.2, -0.15) is 0 Å². The van der Waals surface area contributed by atoms with E-state index in [1.165, 1.54) is 12.8 Å². The third-order valence-corrected chi connectivity index (χ3v) is 3.75. The van der Waals surface area contributed by atoms with Crippen LogP contribution in [-0.4, -0.2) is 40.3 Å². The summed E-state index contributed by atoms with van der Waals surface area (Å²) in [5.41, 5.74) is 1.13. The fourth-order valence-electron chi connectivity index (χ4n) is 2.87. The Morgan fingerprint density at radius 2 is 2.50 bits per heavy atom. The minimum absolute atomic E-state index is 0.373. The molecule has 0 unspecified atom stereocenters. The predicted molar refractivity (Wildman–Crippen MR) is 59.0 cm³/mol. The summed E-state index contributed by atoms with van der Waals surface area (Å²) < 4.78 is 7.87. The van der Waals surface area contributed by atoms with Gasteiger partial charge in [0, 0.05) is 25.0 Å². The number of ether oxygens (including phenoxy) is 1. The molecule has 0 spiro atoms. The molecular formula is C11H18N4O. The van der Waals surface area contributed by atoms with Crippen molar-refractivity contribution in [1.29, 1.82) is 0 Å². The summed E-state index contributed by atoms with van der Waals surface area (Å²) >= 11 is 0. The van der Waals surface area contributed by atoms with Crippen LogP contribution in [0.15, 0.2) is 6.20 Å². The van der Waals surface area contributed by atoms with E-state index in [0.717, 1.165) is 25.4 Å². The Morgan fingerprint density at radius 1 is 1.56 bits per heavy atom. The molecule has 1 saturated carbocycles. The van der Waals surface area contributed by atoms with Crippen LogP contribution in [0.3, 0.4) is 0 Å². The molecule has 0 amide bonds. The zero-order valence-corrected chi connectivity index (χ0v) is 9.59. The highest BCUT2D eigenvalue weighted by molar-refractivity contribution is 4.95. The first-order valence-corrected chi connectivity index (χ1v) is 6.04. The van der Waals surface area contributed by atoms with E-state index < -0.39 is 0 Å². The highest BCUT2D eigenvalue weighted by Gasteiger charge is 2.38. The average molecular weight is 222 g/mol. The normalized spacial score (nSPS) is 33.9. The van der Waals surface area contributed by atoms with Crippen LogP contribution in [-0.2, 0) is 11.3 Å². The molecule has 1 saturated heterocycles. The first-order chi connectivity index (χ1) is 7.84. The smallest absolute Gasteiger partial charge is 0.0774 e. The van der Waals surface area contributed by atoms with E-state index in [2.05, 4.69) is 15.6 Å². The summed E-state index contributed by atoms with van der Waals surface area (Å²) in [5.74, 6) is 0.582. The van der Waals surface area contributed by atoms with Crippen molar-refractivity contribution in [3.63, 3.8) is 0 Å². The van der Waals surface area contributed by atoms with Gasteiger partial charge in [-0.25, -0.2) is 4.68 Å². The van der Waals surface area contributed by atoms with E-state index in [-0.39, 0.29) is 0 Å². The van der Waals surface area contributed by atoms with Crippen LogP contribution < -0.4 is 5.32 Å². The molecule has 0 bridgehead atoms. The minimum atomic E-state index is 0.373. The fourth-order valence-corrected chi connectivity index (χ4v) is 2.87. The summed E-state index contributed by atoms with van der Waals surface area (Å²) in [4.78, 5) is 0. The van der Waals surface area contributed by atoms with E-state index in [4.69, 9.17) is 4.74 Å². The number of hydrogen-bond donors (Lipinski definition) is 1. The topological polar surface area (TPSA) is 52.0 Å². The molecule has 16 heavy (non-hydrogen) atoms. The van der Waals surface area contributed by atoms with Gasteiger partial charge in [0.2, 0.25) is 0 Å². The van der Waals surface area contributed by atoms with E-state index in [9.17, 15) is 0 Å². The van der Waals surface area contributed by atoms with Crippen molar-refractivity contribution in [2.75, 3.05) is 13.2 Å². The molecule has 88 valence electrons. The lowest BCUT2D eigenvalue weighted by Crippen LogP contribution is -2.47. The quantitative estimate of drug-likeness (QED) is 0.784. The number of rotatable bonds is 2. The van der Waals surface area contributed by atoms with Gasteiger partial charge in [-0.05, 0) is 19.8 Å². The van der Waals surface area contributed by atoms with Gasteiger partial charge < -0.3 is 10.1 Å². The predicted octanol–water partition coefficient (Wildman–Crippen LogP) is 0.354. The molecule has 1 aliphatic heterocycles. The number of morpholine rings is 1. The van der Waals surface area contributed by atoms with Crippen molar-refractivity contribution in [1.82, 2.24) is 20.3 Å². The fraction of sp³-hybridized carbons (Fsp3) is 0.818. The van der Waals surface area contributed by atoms with E-state index in [0.29, 0.717) is 18.1 Å². The van der Waals surface area contributed by atoms with Crippen LogP contribution in [0, 0.1) is 12.8 Å². The lowest BCUT2D eigenvalue weighted by atomic mass is 10.0. The Morgan fingerprint density at radius 3 is 3.31 bits per heavy atom. The number of nitrogens with zero attached hydrogens (tertiary/aromatic N) is 3. The maximum atomic E-state index is 5.88. The molecule has 1 aliphatic carbocycles. The minimum Gasteiger partial charge on any atom is -0.375 e. The molecular weight excluding hydrogens is 204 g/mol. The first-order valence-electron chi connectivity index (χ1n) is 6.04. The molecule has 1 aromatic heterocycles. The number of fused-ring (bicyclic) bond motifs is 1. The number of nitrogens with one attached hydrogen (secondary N) is 1. The standard InChI is InChI=1S/C11H18N4O/c1-8-6-13-14-15(8)7-9-2-3-10-11(9)16-5-4-12-10/h6,9-12H,2-5,7H2,1H3/t9-,10+,11-/m0/s1. The second-order valence-electron chi connectivity index (χ2n) is 4.79. The van der Waals surface area contributed by atoms with Gasteiger partial charge in [0.05, 0.1) is 24.6 Å². The second kappa shape index (κ2) is 4.14. The molecule has 5 nitrogen and oxygen atoms in total. The number of hydrogen-bond acceptors (Lipinski definition) is 4. The molecule has 2 heterocycles. The van der Waals surface area contributed by atoms with Crippen molar-refractivity contribution >= 4 is 0 Å². The van der Waals surface area contributed by atoms with Crippen molar-refractivity contribution in [3.05, 3.63) is 11.9 Å². The summed E-state index contributed by atoms with van der Waals surface area (Å²) in [5, 5.41) is 11.6. The van der Waals surface area contributed by atoms with Gasteiger partial charge in [-0.3, -0.25) is 0 Å². The van der Waals surface area contributed by atoms with Gasteiger partial charge in [0.1, 0.15) is 0 Å². The van der Waals surface area contributed by atoms with Crippen LogP contribution >= 0.6 is 0 Å². The van der Waals surface area contributed by atoms with Gasteiger partial charge >= 0.3 is 0 Å². The Balaban J connectivity index is 1.69. The molecule has 3 atom stereocenters. The van der Waals surface area contributed by atoms with Crippen molar-refractivity contribution < 1.29 is 4.74 Å². The van der Waals surface area contributed by atoms with Crippen molar-refractivity contribution in [2.45, 2.75) is 38.5 Å². The Hall–Kier alpha value is -0.940. The molecule has 0 radical (unpaired) electrons. The molecule has 1 N–H and O–H groups in total. The van der Waals surface area contributed by atoms with Crippen LogP contribution in [0.2, 0.25) is 0 Å². The average Bonchev–Trinajstić information content (AvgIpc) is 2.88. The van der Waals surface area contributed by atoms with E-state index >= 15 is 0 Å². The van der Waals surface area contributed by atoms with Crippen molar-refractivity contribution in [2.24, 2.45) is 5.92 Å². The largest absolute Gasteiger partial charge is 0.375 e. The van der Waals surface area contributed by atoms with Gasteiger partial charge in [-0.1, -0.05) is 5.21 Å². The number of aromatic nitrogens is 3.